The van der Waals surface area contributed by atoms with Gasteiger partial charge in [-0.15, -0.1) is 0 Å². The molecule has 0 saturated carbocycles. The number of benzene rings is 2. The van der Waals surface area contributed by atoms with Crippen molar-refractivity contribution >= 4 is 0 Å². The van der Waals surface area contributed by atoms with Crippen molar-refractivity contribution in [3.05, 3.63) is 58.9 Å². The van der Waals surface area contributed by atoms with Gasteiger partial charge in [0.25, 0.3) is 0 Å². The average molecular weight is 334 g/mol. The Kier molecular flexibility index (Phi) is 4.95. The predicted molar refractivity (Wildman–Crippen MR) is 88.5 cm³/mol. The maximum absolute atomic E-state index is 14.5. The Morgan fingerprint density at radius 1 is 1.00 bits per heavy atom. The number of hydrogen-bond donors (Lipinski definition) is 0. The zero-order chi connectivity index (χ0) is 17.3. The zero-order valence-electron chi connectivity index (χ0n) is 13.9. The fourth-order valence-electron chi connectivity index (χ4n) is 3.22. The normalized spacial score (nSPS) is 21.0. The first-order valence-corrected chi connectivity index (χ1v) is 8.39. The van der Waals surface area contributed by atoms with Crippen molar-refractivity contribution in [1.82, 2.24) is 0 Å². The maximum atomic E-state index is 14.5. The van der Waals surface area contributed by atoms with E-state index >= 15 is 0 Å². The molecular weight excluding hydrogens is 313 g/mol. The van der Waals surface area contributed by atoms with Gasteiger partial charge in [0.1, 0.15) is 5.82 Å². The Morgan fingerprint density at radius 3 is 2.38 bits per heavy atom. The van der Waals surface area contributed by atoms with Crippen LogP contribution in [0.3, 0.4) is 0 Å². The lowest BCUT2D eigenvalue weighted by Gasteiger charge is -2.27. The van der Waals surface area contributed by atoms with Crippen molar-refractivity contribution in [2.75, 3.05) is 6.61 Å². The summed E-state index contributed by atoms with van der Waals surface area (Å²) in [6, 6.07) is 7.70. The lowest BCUT2D eigenvalue weighted by Crippen LogP contribution is -2.22. The summed E-state index contributed by atoms with van der Waals surface area (Å²) in [5, 5.41) is 0. The van der Waals surface area contributed by atoms with Crippen LogP contribution in [-0.4, -0.2) is 12.7 Å². The van der Waals surface area contributed by atoms with E-state index in [9.17, 15) is 13.2 Å². The molecule has 0 amide bonds. The third-order valence-corrected chi connectivity index (χ3v) is 4.80. The summed E-state index contributed by atoms with van der Waals surface area (Å²) in [4.78, 5) is 0. The van der Waals surface area contributed by atoms with Gasteiger partial charge in [0.05, 0.1) is 12.7 Å². The van der Waals surface area contributed by atoms with Crippen LogP contribution in [0.5, 0.6) is 0 Å². The predicted octanol–water partition coefficient (Wildman–Crippen LogP) is 5.62. The van der Waals surface area contributed by atoms with Crippen molar-refractivity contribution in [2.45, 2.75) is 45.1 Å². The minimum absolute atomic E-state index is 0.0396. The lowest BCUT2D eigenvalue weighted by molar-refractivity contribution is 0.0154. The van der Waals surface area contributed by atoms with Crippen molar-refractivity contribution < 1.29 is 17.9 Å². The van der Waals surface area contributed by atoms with Crippen LogP contribution in [0.15, 0.2) is 30.3 Å². The number of hydrogen-bond acceptors (Lipinski definition) is 1. The van der Waals surface area contributed by atoms with E-state index in [-0.39, 0.29) is 23.1 Å². The summed E-state index contributed by atoms with van der Waals surface area (Å²) in [5.74, 6) is -2.27. The third kappa shape index (κ3) is 3.20. The summed E-state index contributed by atoms with van der Waals surface area (Å²) in [6.07, 6.45) is 2.50. The Morgan fingerprint density at radius 2 is 1.75 bits per heavy atom. The van der Waals surface area contributed by atoms with Gasteiger partial charge < -0.3 is 4.74 Å². The molecule has 0 N–H and O–H groups in total. The Balaban J connectivity index is 1.92. The Labute approximate surface area is 140 Å². The molecule has 1 aliphatic rings. The first kappa shape index (κ1) is 17.0. The first-order chi connectivity index (χ1) is 11.5. The number of halogens is 3. The minimum atomic E-state index is -0.990. The topological polar surface area (TPSA) is 9.23 Å². The van der Waals surface area contributed by atoms with Crippen LogP contribution in [0.2, 0.25) is 0 Å². The number of aryl methyl sites for hydroxylation is 1. The molecule has 3 rings (SSSR count). The fourth-order valence-corrected chi connectivity index (χ4v) is 3.22. The molecule has 0 aliphatic carbocycles. The molecule has 4 heteroatoms. The zero-order valence-corrected chi connectivity index (χ0v) is 13.9. The number of rotatable bonds is 3. The summed E-state index contributed by atoms with van der Waals surface area (Å²) in [5.41, 5.74) is 1.18. The van der Waals surface area contributed by atoms with E-state index in [1.807, 2.05) is 6.92 Å². The molecule has 2 aromatic carbocycles. The van der Waals surface area contributed by atoms with Crippen LogP contribution >= 0.6 is 0 Å². The van der Waals surface area contributed by atoms with Gasteiger partial charge in [0, 0.05) is 17.0 Å². The molecule has 1 aliphatic heterocycles. The quantitative estimate of drug-likeness (QED) is 0.708. The summed E-state index contributed by atoms with van der Waals surface area (Å²) in [7, 11) is 0. The van der Waals surface area contributed by atoms with E-state index in [0.29, 0.717) is 18.6 Å². The monoisotopic (exact) mass is 334 g/mol. The summed E-state index contributed by atoms with van der Waals surface area (Å²) < 4.78 is 48.4. The van der Waals surface area contributed by atoms with Crippen molar-refractivity contribution in [3.8, 4) is 11.1 Å². The Bertz CT molecular complexity index is 734. The van der Waals surface area contributed by atoms with Crippen LogP contribution < -0.4 is 0 Å². The van der Waals surface area contributed by atoms with Crippen LogP contribution in [0.25, 0.3) is 11.1 Å². The van der Waals surface area contributed by atoms with Crippen LogP contribution in [0.1, 0.15) is 43.7 Å². The highest BCUT2D eigenvalue weighted by Gasteiger charge is 2.22. The molecule has 1 nitrogen and oxygen atoms in total. The van der Waals surface area contributed by atoms with E-state index in [1.165, 1.54) is 24.3 Å². The molecule has 1 saturated heterocycles. The van der Waals surface area contributed by atoms with Gasteiger partial charge in [-0.25, -0.2) is 13.2 Å². The van der Waals surface area contributed by atoms with Gasteiger partial charge in [-0.05, 0) is 43.4 Å². The van der Waals surface area contributed by atoms with Gasteiger partial charge in [-0.1, -0.05) is 31.2 Å². The van der Waals surface area contributed by atoms with E-state index < -0.39 is 17.5 Å². The molecule has 1 heterocycles. The largest absolute Gasteiger partial charge is 0.378 e. The second-order valence-corrected chi connectivity index (χ2v) is 6.41. The molecule has 128 valence electrons. The molecular formula is C20H21F3O. The summed E-state index contributed by atoms with van der Waals surface area (Å²) in [6.45, 7) is 4.34. The van der Waals surface area contributed by atoms with Gasteiger partial charge >= 0.3 is 0 Å². The molecule has 2 atom stereocenters. The Hall–Kier alpha value is -1.81. The highest BCUT2D eigenvalue weighted by atomic mass is 19.2. The maximum Gasteiger partial charge on any atom is 0.167 e. The van der Waals surface area contributed by atoms with E-state index in [2.05, 4.69) is 0 Å². The smallest absolute Gasteiger partial charge is 0.167 e. The molecule has 2 aromatic rings. The van der Waals surface area contributed by atoms with E-state index in [4.69, 9.17) is 4.74 Å². The third-order valence-electron chi connectivity index (χ3n) is 4.80. The van der Waals surface area contributed by atoms with E-state index in [1.54, 1.807) is 13.0 Å². The van der Waals surface area contributed by atoms with Crippen LogP contribution in [-0.2, 0) is 11.2 Å². The van der Waals surface area contributed by atoms with Gasteiger partial charge in [0.2, 0.25) is 0 Å². The highest BCUT2D eigenvalue weighted by Crippen LogP contribution is 2.33. The second kappa shape index (κ2) is 6.98. The number of ether oxygens (including phenoxy) is 1. The highest BCUT2D eigenvalue weighted by molar-refractivity contribution is 5.66. The molecule has 0 radical (unpaired) electrons. The fraction of sp³-hybridized carbons (Fsp3) is 0.400. The average Bonchev–Trinajstić information content (AvgIpc) is 2.58. The second-order valence-electron chi connectivity index (χ2n) is 6.41. The van der Waals surface area contributed by atoms with Crippen LogP contribution in [0, 0.1) is 17.5 Å². The van der Waals surface area contributed by atoms with Crippen molar-refractivity contribution in [2.24, 2.45) is 0 Å². The molecule has 0 bridgehead atoms. The minimum Gasteiger partial charge on any atom is -0.378 e. The van der Waals surface area contributed by atoms with Gasteiger partial charge in [-0.2, -0.15) is 0 Å². The standard InChI is InChI=1S/C20H21F3O/c1-3-13-6-9-17(20(23)19(13)22)16-8-7-14(10-18(16)21)15-5-4-12(2)24-11-15/h6-10,12,15H,3-5,11H2,1-2H3. The van der Waals surface area contributed by atoms with E-state index in [0.717, 1.165) is 18.4 Å². The molecule has 0 spiro atoms. The molecule has 0 aromatic heterocycles. The molecule has 24 heavy (non-hydrogen) atoms. The SMILES string of the molecule is CCc1ccc(-c2ccc(C3CCC(C)OC3)cc2F)c(F)c1F. The lowest BCUT2D eigenvalue weighted by atomic mass is 9.90. The van der Waals surface area contributed by atoms with Gasteiger partial charge in [-0.3, -0.25) is 0 Å². The molecule has 2 unspecified atom stereocenters. The molecule has 1 fully saturated rings. The summed E-state index contributed by atoms with van der Waals surface area (Å²) >= 11 is 0. The van der Waals surface area contributed by atoms with Crippen molar-refractivity contribution in [1.29, 1.82) is 0 Å². The van der Waals surface area contributed by atoms with Crippen molar-refractivity contribution in [3.63, 3.8) is 0 Å². The van der Waals surface area contributed by atoms with Gasteiger partial charge in [0.15, 0.2) is 11.6 Å². The van der Waals surface area contributed by atoms with Crippen LogP contribution in [0.4, 0.5) is 13.2 Å². The first-order valence-electron chi connectivity index (χ1n) is 8.39.